The number of anilines is 1. The van der Waals surface area contributed by atoms with Gasteiger partial charge in [0, 0.05) is 28.7 Å². The van der Waals surface area contributed by atoms with Crippen LogP contribution in [0.4, 0.5) is 5.82 Å². The first-order chi connectivity index (χ1) is 9.19. The molecular formula is C13H11BrClN3O. The molecule has 19 heavy (non-hydrogen) atoms. The maximum Gasteiger partial charge on any atom is 0.228 e. The molecule has 1 amide bonds. The number of hydrogen-bond acceptors (Lipinski definition) is 3. The zero-order valence-corrected chi connectivity index (χ0v) is 12.4. The van der Waals surface area contributed by atoms with Crippen LogP contribution in [0.1, 0.15) is 6.42 Å². The Morgan fingerprint density at radius 1 is 1.42 bits per heavy atom. The fourth-order valence-corrected chi connectivity index (χ4v) is 2.89. The van der Waals surface area contributed by atoms with Gasteiger partial charge in [-0.2, -0.15) is 0 Å². The first kappa shape index (κ1) is 12.8. The monoisotopic (exact) mass is 339 g/mol. The maximum atomic E-state index is 12.1. The molecule has 1 aliphatic heterocycles. The van der Waals surface area contributed by atoms with Crippen LogP contribution in [0.15, 0.2) is 29.0 Å². The van der Waals surface area contributed by atoms with E-state index in [9.17, 15) is 4.79 Å². The zero-order chi connectivity index (χ0) is 13.4. The average Bonchev–Trinajstić information content (AvgIpc) is 2.79. The first-order valence-electron chi connectivity index (χ1n) is 5.95. The van der Waals surface area contributed by atoms with Crippen LogP contribution in [0.25, 0.3) is 10.9 Å². The number of alkyl halides is 1. The molecule has 0 radical (unpaired) electrons. The Kier molecular flexibility index (Phi) is 3.41. The third-order valence-electron chi connectivity index (χ3n) is 3.26. The van der Waals surface area contributed by atoms with E-state index in [0.29, 0.717) is 24.7 Å². The average molecular weight is 341 g/mol. The minimum Gasteiger partial charge on any atom is -0.296 e. The molecule has 0 N–H and O–H groups in total. The third kappa shape index (κ3) is 2.32. The van der Waals surface area contributed by atoms with Crippen molar-refractivity contribution in [2.45, 2.75) is 6.42 Å². The van der Waals surface area contributed by atoms with Crippen LogP contribution in [0.2, 0.25) is 0 Å². The topological polar surface area (TPSA) is 46.1 Å². The molecule has 0 aliphatic carbocycles. The molecule has 1 aromatic carbocycles. The molecule has 2 heterocycles. The number of carbonyl (C=O) groups is 1. The quantitative estimate of drug-likeness (QED) is 0.790. The van der Waals surface area contributed by atoms with E-state index in [-0.39, 0.29) is 11.8 Å². The highest BCUT2D eigenvalue weighted by Gasteiger charge is 2.31. The van der Waals surface area contributed by atoms with Crippen LogP contribution < -0.4 is 4.90 Å². The minimum atomic E-state index is 0.0747. The van der Waals surface area contributed by atoms with Crippen LogP contribution >= 0.6 is 27.5 Å². The van der Waals surface area contributed by atoms with Crippen molar-refractivity contribution in [3.63, 3.8) is 0 Å². The molecule has 1 aliphatic rings. The highest BCUT2D eigenvalue weighted by atomic mass is 79.9. The Hall–Kier alpha value is -1.20. The van der Waals surface area contributed by atoms with Crippen LogP contribution in [0, 0.1) is 5.92 Å². The van der Waals surface area contributed by atoms with Crippen molar-refractivity contribution in [2.75, 3.05) is 17.3 Å². The smallest absolute Gasteiger partial charge is 0.228 e. The second-order valence-electron chi connectivity index (χ2n) is 4.59. The van der Waals surface area contributed by atoms with Gasteiger partial charge in [-0.1, -0.05) is 15.9 Å². The van der Waals surface area contributed by atoms with Crippen molar-refractivity contribution in [1.29, 1.82) is 0 Å². The lowest BCUT2D eigenvalue weighted by Gasteiger charge is -2.17. The number of carbonyl (C=O) groups excluding carboxylic acids is 1. The number of benzene rings is 1. The maximum absolute atomic E-state index is 12.1. The van der Waals surface area contributed by atoms with Crippen molar-refractivity contribution in [3.8, 4) is 0 Å². The normalized spacial score (nSPS) is 19.4. The summed E-state index contributed by atoms with van der Waals surface area (Å²) in [7, 11) is 0. The van der Waals surface area contributed by atoms with E-state index in [1.807, 2.05) is 18.2 Å². The van der Waals surface area contributed by atoms with E-state index in [0.717, 1.165) is 15.4 Å². The zero-order valence-electron chi connectivity index (χ0n) is 10.0. The number of nitrogens with zero attached hydrogens (tertiary/aromatic N) is 3. The Balaban J connectivity index is 2.10. The van der Waals surface area contributed by atoms with Crippen LogP contribution in [-0.4, -0.2) is 28.3 Å². The van der Waals surface area contributed by atoms with Crippen molar-refractivity contribution >= 4 is 50.2 Å². The molecule has 3 rings (SSSR count). The van der Waals surface area contributed by atoms with E-state index in [1.54, 1.807) is 4.90 Å². The second kappa shape index (κ2) is 5.06. The molecule has 98 valence electrons. The Labute approximate surface area is 123 Å². The first-order valence-corrected chi connectivity index (χ1v) is 7.28. The molecule has 1 unspecified atom stereocenters. The highest BCUT2D eigenvalue weighted by Crippen LogP contribution is 2.30. The SMILES string of the molecule is O=C1CC(CCl)CN1c1ncnc2ccc(Br)cc12. The van der Waals surface area contributed by atoms with Crippen molar-refractivity contribution in [2.24, 2.45) is 5.92 Å². The summed E-state index contributed by atoms with van der Waals surface area (Å²) >= 11 is 9.29. The molecule has 1 atom stereocenters. The lowest BCUT2D eigenvalue weighted by atomic mass is 10.1. The molecular weight excluding hydrogens is 330 g/mol. The van der Waals surface area contributed by atoms with E-state index >= 15 is 0 Å². The Bertz CT molecular complexity index is 649. The number of aromatic nitrogens is 2. The fraction of sp³-hybridized carbons (Fsp3) is 0.308. The standard InChI is InChI=1S/C13H11BrClN3O/c14-9-1-2-11-10(4-9)13(17-7-16-11)18-6-8(5-15)3-12(18)19/h1-2,4,7-8H,3,5-6H2. The summed E-state index contributed by atoms with van der Waals surface area (Å²) in [6.45, 7) is 0.626. The Morgan fingerprint density at radius 2 is 2.26 bits per heavy atom. The summed E-state index contributed by atoms with van der Waals surface area (Å²) in [4.78, 5) is 22.3. The number of rotatable bonds is 2. The van der Waals surface area contributed by atoms with Gasteiger partial charge in [0.15, 0.2) is 0 Å². The van der Waals surface area contributed by atoms with Crippen LogP contribution in [-0.2, 0) is 4.79 Å². The number of halogens is 2. The van der Waals surface area contributed by atoms with Crippen molar-refractivity contribution in [1.82, 2.24) is 9.97 Å². The van der Waals surface area contributed by atoms with E-state index in [4.69, 9.17) is 11.6 Å². The Morgan fingerprint density at radius 3 is 3.00 bits per heavy atom. The van der Waals surface area contributed by atoms with Gasteiger partial charge in [0.1, 0.15) is 12.1 Å². The van der Waals surface area contributed by atoms with Gasteiger partial charge in [-0.25, -0.2) is 9.97 Å². The lowest BCUT2D eigenvalue weighted by molar-refractivity contribution is -0.117. The molecule has 0 saturated carbocycles. The molecule has 1 saturated heterocycles. The molecule has 0 bridgehead atoms. The molecule has 6 heteroatoms. The van der Waals surface area contributed by atoms with Gasteiger partial charge >= 0.3 is 0 Å². The minimum absolute atomic E-state index is 0.0747. The lowest BCUT2D eigenvalue weighted by Crippen LogP contribution is -2.26. The molecule has 2 aromatic rings. The predicted molar refractivity (Wildman–Crippen MR) is 78.4 cm³/mol. The van der Waals surface area contributed by atoms with E-state index < -0.39 is 0 Å². The second-order valence-corrected chi connectivity index (χ2v) is 5.81. The molecule has 4 nitrogen and oxygen atoms in total. The summed E-state index contributed by atoms with van der Waals surface area (Å²) in [5.74, 6) is 1.44. The van der Waals surface area contributed by atoms with Gasteiger partial charge in [-0.05, 0) is 24.1 Å². The largest absolute Gasteiger partial charge is 0.296 e. The predicted octanol–water partition coefficient (Wildman–Crippen LogP) is 2.98. The summed E-state index contributed by atoms with van der Waals surface area (Å²) in [5.41, 5.74) is 0.829. The van der Waals surface area contributed by atoms with Gasteiger partial charge in [0.05, 0.1) is 5.52 Å². The van der Waals surface area contributed by atoms with Gasteiger partial charge < -0.3 is 0 Å². The molecule has 0 spiro atoms. The summed E-state index contributed by atoms with van der Waals surface area (Å²) in [5, 5.41) is 0.875. The van der Waals surface area contributed by atoms with Gasteiger partial charge in [0.25, 0.3) is 0 Å². The highest BCUT2D eigenvalue weighted by molar-refractivity contribution is 9.10. The van der Waals surface area contributed by atoms with Crippen LogP contribution in [0.3, 0.4) is 0 Å². The third-order valence-corrected chi connectivity index (χ3v) is 4.19. The van der Waals surface area contributed by atoms with Gasteiger partial charge in [-0.15, -0.1) is 11.6 Å². The van der Waals surface area contributed by atoms with Gasteiger partial charge in [-0.3, -0.25) is 9.69 Å². The number of fused-ring (bicyclic) bond motifs is 1. The number of hydrogen-bond donors (Lipinski definition) is 0. The van der Waals surface area contributed by atoms with Crippen LogP contribution in [0.5, 0.6) is 0 Å². The fourth-order valence-electron chi connectivity index (χ4n) is 2.32. The van der Waals surface area contributed by atoms with E-state index in [1.165, 1.54) is 6.33 Å². The summed E-state index contributed by atoms with van der Waals surface area (Å²) in [6.07, 6.45) is 1.98. The van der Waals surface area contributed by atoms with Crippen molar-refractivity contribution in [3.05, 3.63) is 29.0 Å². The number of amides is 1. The molecule has 1 fully saturated rings. The van der Waals surface area contributed by atoms with E-state index in [2.05, 4.69) is 25.9 Å². The summed E-state index contributed by atoms with van der Waals surface area (Å²) in [6, 6.07) is 5.77. The summed E-state index contributed by atoms with van der Waals surface area (Å²) < 4.78 is 0.941. The van der Waals surface area contributed by atoms with Gasteiger partial charge in [0.2, 0.25) is 5.91 Å². The van der Waals surface area contributed by atoms with Crippen molar-refractivity contribution < 1.29 is 4.79 Å². The molecule has 1 aromatic heterocycles.